The molecule has 0 aliphatic rings. The molecule has 0 amide bonds. The highest BCUT2D eigenvalue weighted by atomic mass is 14.0. The molecule has 0 saturated heterocycles. The third-order valence-corrected chi connectivity index (χ3v) is 2.56. The highest BCUT2D eigenvalue weighted by Gasteiger charge is 1.94. The average molecular weight is 196 g/mol. The Morgan fingerprint density at radius 2 is 1.64 bits per heavy atom. The first kappa shape index (κ1) is 15.9. The van der Waals surface area contributed by atoms with Gasteiger partial charge in [-0.15, -0.1) is 0 Å². The average Bonchev–Trinajstić information content (AvgIpc) is 2.17. The number of allylic oxidation sites excluding steroid dienone is 2. The lowest BCUT2D eigenvalue weighted by atomic mass is 10.0. The quantitative estimate of drug-likeness (QED) is 0.519. The maximum absolute atomic E-state index is 3.86. The number of hydrogen-bond donors (Lipinski definition) is 0. The maximum Gasteiger partial charge on any atom is -0.0240 e. The van der Waals surface area contributed by atoms with Crippen LogP contribution < -0.4 is 0 Å². The normalized spacial score (nSPS) is 11.2. The van der Waals surface area contributed by atoms with Crippen molar-refractivity contribution in [2.24, 2.45) is 5.92 Å². The minimum Gasteiger partial charge on any atom is -0.0999 e. The van der Waals surface area contributed by atoms with Crippen LogP contribution in [0.15, 0.2) is 24.3 Å². The summed E-state index contributed by atoms with van der Waals surface area (Å²) in [6.45, 7) is 18.5. The second-order valence-corrected chi connectivity index (χ2v) is 4.01. The summed E-state index contributed by atoms with van der Waals surface area (Å²) in [6, 6.07) is 0. The number of hydrogen-bond acceptors (Lipinski definition) is 0. The summed E-state index contributed by atoms with van der Waals surface area (Å²) in [5.74, 6) is 0.708. The van der Waals surface area contributed by atoms with Crippen LogP contribution in [-0.2, 0) is 0 Å². The van der Waals surface area contributed by atoms with Gasteiger partial charge in [0.2, 0.25) is 0 Å². The first-order valence-corrected chi connectivity index (χ1v) is 5.81. The first-order chi connectivity index (χ1) is 6.49. The Hall–Kier alpha value is -0.520. The van der Waals surface area contributed by atoms with Crippen molar-refractivity contribution in [3.05, 3.63) is 24.3 Å². The van der Waals surface area contributed by atoms with Gasteiger partial charge in [-0.25, -0.2) is 0 Å². The van der Waals surface area contributed by atoms with Crippen LogP contribution in [0.1, 0.15) is 60.3 Å². The molecule has 0 nitrogen and oxygen atoms in total. The largest absolute Gasteiger partial charge is 0.0999 e. The van der Waals surface area contributed by atoms with Gasteiger partial charge in [0, 0.05) is 0 Å². The van der Waals surface area contributed by atoms with E-state index < -0.39 is 0 Å². The van der Waals surface area contributed by atoms with Gasteiger partial charge in [0.15, 0.2) is 0 Å². The summed E-state index contributed by atoms with van der Waals surface area (Å²) in [5.41, 5.74) is 2.67. The molecule has 0 heterocycles. The molecular weight excluding hydrogens is 168 g/mol. The highest BCUT2D eigenvalue weighted by molar-refractivity contribution is 4.92. The Bertz CT molecular complexity index is 151. The molecule has 0 aliphatic heterocycles. The molecule has 0 radical (unpaired) electrons. The molecule has 1 atom stereocenters. The Balaban J connectivity index is 0. The fourth-order valence-electron chi connectivity index (χ4n) is 0.879. The van der Waals surface area contributed by atoms with Crippen LogP contribution in [0.25, 0.3) is 0 Å². The molecule has 0 spiro atoms. The smallest absolute Gasteiger partial charge is 0.0240 e. The molecule has 0 saturated carbocycles. The van der Waals surface area contributed by atoms with Gasteiger partial charge in [0.25, 0.3) is 0 Å². The number of rotatable bonds is 5. The van der Waals surface area contributed by atoms with E-state index in [0.29, 0.717) is 5.92 Å². The predicted molar refractivity (Wildman–Crippen MR) is 68.6 cm³/mol. The topological polar surface area (TPSA) is 0 Å². The minimum absolute atomic E-state index is 0.708. The zero-order valence-electron chi connectivity index (χ0n) is 10.8. The van der Waals surface area contributed by atoms with E-state index in [1.165, 1.54) is 30.4 Å². The minimum atomic E-state index is 0.708. The molecule has 0 aliphatic carbocycles. The lowest BCUT2D eigenvalue weighted by Gasteiger charge is -2.04. The molecular formula is C14H28. The second kappa shape index (κ2) is 10.6. The van der Waals surface area contributed by atoms with Crippen LogP contribution in [0.3, 0.4) is 0 Å². The van der Waals surface area contributed by atoms with Crippen LogP contribution in [0.4, 0.5) is 0 Å². The Morgan fingerprint density at radius 3 is 1.71 bits per heavy atom. The lowest BCUT2D eigenvalue weighted by molar-refractivity contribution is 0.658. The molecule has 1 unspecified atom stereocenters. The zero-order chi connectivity index (χ0) is 11.6. The summed E-state index contributed by atoms with van der Waals surface area (Å²) in [7, 11) is 0. The van der Waals surface area contributed by atoms with Gasteiger partial charge in [0.1, 0.15) is 0 Å². The maximum atomic E-state index is 3.86. The van der Waals surface area contributed by atoms with Gasteiger partial charge >= 0.3 is 0 Å². The van der Waals surface area contributed by atoms with Gasteiger partial charge in [-0.05, 0) is 32.1 Å². The first-order valence-electron chi connectivity index (χ1n) is 5.81. The van der Waals surface area contributed by atoms with Crippen molar-refractivity contribution in [2.75, 3.05) is 0 Å². The predicted octanol–water partition coefficient (Wildman–Crippen LogP) is 5.36. The van der Waals surface area contributed by atoms with Crippen molar-refractivity contribution in [3.8, 4) is 0 Å². The molecule has 0 rings (SSSR count). The van der Waals surface area contributed by atoms with Crippen molar-refractivity contribution in [3.63, 3.8) is 0 Å². The van der Waals surface area contributed by atoms with E-state index in [-0.39, 0.29) is 0 Å². The fourth-order valence-corrected chi connectivity index (χ4v) is 0.879. The molecule has 0 aromatic rings. The van der Waals surface area contributed by atoms with Crippen molar-refractivity contribution < 1.29 is 0 Å². The summed E-state index contributed by atoms with van der Waals surface area (Å²) < 4.78 is 0. The summed E-state index contributed by atoms with van der Waals surface area (Å²) in [6.07, 6.45) is 4.81. The molecule has 14 heavy (non-hydrogen) atoms. The van der Waals surface area contributed by atoms with E-state index in [1.807, 2.05) is 0 Å². The van der Waals surface area contributed by atoms with Crippen molar-refractivity contribution in [1.82, 2.24) is 0 Å². The Morgan fingerprint density at radius 1 is 1.14 bits per heavy atom. The van der Waals surface area contributed by atoms with Gasteiger partial charge in [0.05, 0.1) is 0 Å². The Kier molecular flexibility index (Phi) is 12.0. The van der Waals surface area contributed by atoms with E-state index in [2.05, 4.69) is 47.8 Å². The molecule has 84 valence electrons. The summed E-state index contributed by atoms with van der Waals surface area (Å²) >= 11 is 0. The molecule has 0 N–H and O–H groups in total. The van der Waals surface area contributed by atoms with E-state index in [4.69, 9.17) is 0 Å². The fraction of sp³-hybridized carbons (Fsp3) is 0.714. The van der Waals surface area contributed by atoms with Crippen LogP contribution in [0.2, 0.25) is 0 Å². The van der Waals surface area contributed by atoms with Crippen LogP contribution in [0.5, 0.6) is 0 Å². The van der Waals surface area contributed by atoms with Crippen LogP contribution in [0, 0.1) is 5.92 Å². The SMILES string of the molecule is C=C(C)C(C)CC.C=C(CC)CCC. The molecule has 0 aromatic carbocycles. The second-order valence-electron chi connectivity index (χ2n) is 4.01. The molecule has 0 fully saturated rings. The lowest BCUT2D eigenvalue weighted by Crippen LogP contribution is -1.89. The molecule has 0 bridgehead atoms. The van der Waals surface area contributed by atoms with E-state index in [9.17, 15) is 0 Å². The van der Waals surface area contributed by atoms with E-state index in [1.54, 1.807) is 0 Å². The van der Waals surface area contributed by atoms with Gasteiger partial charge in [-0.2, -0.15) is 0 Å². The monoisotopic (exact) mass is 196 g/mol. The summed E-state index contributed by atoms with van der Waals surface area (Å²) in [5, 5.41) is 0. The molecule has 0 heteroatoms. The standard InChI is InChI=1S/2C7H14/c1-5-7(4)6(2)3;1-4-6-7(3)5-2/h7H,2,5H2,1,3-4H3;3-6H2,1-2H3. The third-order valence-electron chi connectivity index (χ3n) is 2.56. The van der Waals surface area contributed by atoms with Gasteiger partial charge < -0.3 is 0 Å². The van der Waals surface area contributed by atoms with Gasteiger partial charge in [-0.1, -0.05) is 58.4 Å². The Labute approximate surface area is 91.1 Å². The van der Waals surface area contributed by atoms with E-state index >= 15 is 0 Å². The summed E-state index contributed by atoms with van der Waals surface area (Å²) in [4.78, 5) is 0. The third kappa shape index (κ3) is 11.5. The van der Waals surface area contributed by atoms with Crippen molar-refractivity contribution in [1.29, 1.82) is 0 Å². The van der Waals surface area contributed by atoms with Crippen LogP contribution >= 0.6 is 0 Å². The zero-order valence-corrected chi connectivity index (χ0v) is 10.8. The van der Waals surface area contributed by atoms with Gasteiger partial charge in [-0.3, -0.25) is 0 Å². The van der Waals surface area contributed by atoms with E-state index in [0.717, 1.165) is 6.42 Å². The van der Waals surface area contributed by atoms with Crippen molar-refractivity contribution >= 4 is 0 Å². The highest BCUT2D eigenvalue weighted by Crippen LogP contribution is 2.09. The molecule has 0 aromatic heterocycles. The van der Waals surface area contributed by atoms with Crippen LogP contribution in [-0.4, -0.2) is 0 Å². The van der Waals surface area contributed by atoms with Crippen molar-refractivity contribution in [2.45, 2.75) is 60.3 Å².